The zero-order chi connectivity index (χ0) is 14.5. The summed E-state index contributed by atoms with van der Waals surface area (Å²) >= 11 is 4.25. The fourth-order valence-corrected chi connectivity index (χ4v) is 3.18. The van der Waals surface area contributed by atoms with Crippen LogP contribution in [0.25, 0.3) is 0 Å². The van der Waals surface area contributed by atoms with Crippen molar-refractivity contribution in [2.75, 3.05) is 0 Å². The molecule has 1 aliphatic rings. The summed E-state index contributed by atoms with van der Waals surface area (Å²) in [5.41, 5.74) is 1.98. The van der Waals surface area contributed by atoms with E-state index in [4.69, 9.17) is 0 Å². The van der Waals surface area contributed by atoms with Gasteiger partial charge in [-0.15, -0.1) is 5.56 Å². The van der Waals surface area contributed by atoms with Crippen LogP contribution in [0.5, 0.6) is 0 Å². The molecule has 0 N–H and O–H groups in total. The fraction of sp³-hybridized carbons (Fsp3) is 0.625. The summed E-state index contributed by atoms with van der Waals surface area (Å²) in [6.07, 6.45) is 3.94. The molecule has 1 aromatic rings. The molecule has 1 nitrogen and oxygen atoms in total. The van der Waals surface area contributed by atoms with Crippen molar-refractivity contribution in [3.05, 3.63) is 35.9 Å². The predicted molar refractivity (Wildman–Crippen MR) is 81.8 cm³/mol. The summed E-state index contributed by atoms with van der Waals surface area (Å²) in [4.78, 5) is 2.66. The molecule has 1 saturated heterocycles. The van der Waals surface area contributed by atoms with Gasteiger partial charge in [0.15, 0.2) is 0 Å². The molecular weight excluding hydrogens is 351 g/mol. The molecule has 19 heavy (non-hydrogen) atoms. The maximum atomic E-state index is 3.18. The molecule has 0 unspecified atom stereocenters. The second-order valence-electron chi connectivity index (χ2n) is 6.48. The number of hydrogen-bond donors (Lipinski definition) is 0. The van der Waals surface area contributed by atoms with Crippen LogP contribution >= 0.6 is 13.6 Å². The third-order valence-corrected chi connectivity index (χ3v) is 4.15. The van der Waals surface area contributed by atoms with Gasteiger partial charge < -0.3 is 4.90 Å². The van der Waals surface area contributed by atoms with Crippen molar-refractivity contribution in [2.45, 2.75) is 64.6 Å². The Morgan fingerprint density at radius 3 is 2.26 bits per heavy atom. The number of piperidine rings is 1. The van der Waals surface area contributed by atoms with Gasteiger partial charge in [0.1, 0.15) is 0 Å². The van der Waals surface area contributed by atoms with Crippen LogP contribution in [-0.2, 0) is 22.9 Å². The molecule has 1 fully saturated rings. The molecule has 0 aliphatic carbocycles. The van der Waals surface area contributed by atoms with E-state index in [1.165, 1.54) is 41.2 Å². The van der Waals surface area contributed by atoms with Gasteiger partial charge in [-0.05, 0) is 53.5 Å². The maximum absolute atomic E-state index is 3.18. The minimum absolute atomic E-state index is 0.303. The first kappa shape index (κ1) is 17.3. The quantitative estimate of drug-likeness (QED) is 0.526. The Morgan fingerprint density at radius 1 is 1.21 bits per heavy atom. The molecule has 1 aliphatic heterocycles. The molecule has 0 amide bonds. The zero-order valence-electron chi connectivity index (χ0n) is 12.7. The van der Waals surface area contributed by atoms with Crippen LogP contribution in [0.2, 0.25) is 0 Å². The van der Waals surface area contributed by atoms with Crippen LogP contribution in [-0.4, -0.2) is 16.0 Å². The molecule has 0 spiro atoms. The number of halogens is 1. The van der Waals surface area contributed by atoms with Gasteiger partial charge in [-0.25, -0.2) is 0 Å². The van der Waals surface area contributed by atoms with Crippen LogP contribution in [0.3, 0.4) is 0 Å². The first-order valence-electron chi connectivity index (χ1n) is 6.91. The van der Waals surface area contributed by atoms with Gasteiger partial charge in [0.05, 0.1) is 0 Å². The molecule has 0 saturated carbocycles. The van der Waals surface area contributed by atoms with Crippen LogP contribution in [0.15, 0.2) is 24.3 Å². The van der Waals surface area contributed by atoms with E-state index < -0.39 is 0 Å². The molecule has 0 atom stereocenters. The van der Waals surface area contributed by atoms with Crippen molar-refractivity contribution in [1.82, 2.24) is 4.90 Å². The monoisotopic (exact) mass is 373 g/mol. The van der Waals surface area contributed by atoms with Crippen LogP contribution in [0.1, 0.15) is 52.5 Å². The number of nitrogens with zero attached hydrogens (tertiary/aromatic N) is 1. The first-order valence-corrected chi connectivity index (χ1v) is 13.9. The molecule has 2 rings (SSSR count). The van der Waals surface area contributed by atoms with E-state index in [0.29, 0.717) is 11.1 Å². The van der Waals surface area contributed by atoms with Gasteiger partial charge in [-0.3, -0.25) is 0 Å². The van der Waals surface area contributed by atoms with Crippen molar-refractivity contribution in [3.63, 3.8) is 0 Å². The van der Waals surface area contributed by atoms with Crippen molar-refractivity contribution in [3.8, 4) is 0 Å². The second kappa shape index (κ2) is 7.34. The van der Waals surface area contributed by atoms with Gasteiger partial charge in [0, 0.05) is 11.1 Å². The van der Waals surface area contributed by atoms with E-state index in [1.807, 2.05) is 6.07 Å². The SMILES string of the molecule is CC1(C)CCCC(C)(C)N1Cc1c[c-]ccc1.[Zn+][Br]. The van der Waals surface area contributed by atoms with Crippen molar-refractivity contribution in [1.29, 1.82) is 0 Å². The van der Waals surface area contributed by atoms with Gasteiger partial charge in [0.25, 0.3) is 0 Å². The summed E-state index contributed by atoms with van der Waals surface area (Å²) in [5, 5.41) is 0. The average Bonchev–Trinajstić information content (AvgIpc) is 2.37. The van der Waals surface area contributed by atoms with Crippen LogP contribution < -0.4 is 0 Å². The fourth-order valence-electron chi connectivity index (χ4n) is 3.18. The van der Waals surface area contributed by atoms with Crippen molar-refractivity contribution in [2.24, 2.45) is 0 Å². The zero-order valence-corrected chi connectivity index (χ0v) is 17.2. The first-order chi connectivity index (χ1) is 8.92. The van der Waals surface area contributed by atoms with E-state index >= 15 is 0 Å². The van der Waals surface area contributed by atoms with Gasteiger partial charge in [0.2, 0.25) is 0 Å². The van der Waals surface area contributed by atoms with Crippen molar-refractivity contribution < 1.29 is 16.3 Å². The normalized spacial score (nSPS) is 21.4. The van der Waals surface area contributed by atoms with E-state index in [2.05, 4.69) is 70.5 Å². The van der Waals surface area contributed by atoms with Crippen LogP contribution in [0.4, 0.5) is 0 Å². The summed E-state index contributed by atoms with van der Waals surface area (Å²) < 4.78 is 0. The predicted octanol–water partition coefficient (Wildman–Crippen LogP) is 4.87. The van der Waals surface area contributed by atoms with Gasteiger partial charge in [-0.2, -0.15) is 30.3 Å². The number of hydrogen-bond acceptors (Lipinski definition) is 1. The van der Waals surface area contributed by atoms with E-state index in [-0.39, 0.29) is 0 Å². The average molecular weight is 376 g/mol. The second-order valence-corrected chi connectivity index (χ2v) is 6.48. The van der Waals surface area contributed by atoms with E-state index in [9.17, 15) is 0 Å². The molecule has 3 heteroatoms. The summed E-state index contributed by atoms with van der Waals surface area (Å²) in [5.74, 6) is 0. The summed E-state index contributed by atoms with van der Waals surface area (Å²) in [7, 11) is 0. The summed E-state index contributed by atoms with van der Waals surface area (Å²) in [6, 6.07) is 11.5. The number of rotatable bonds is 2. The van der Waals surface area contributed by atoms with E-state index in [0.717, 1.165) is 6.54 Å². The summed E-state index contributed by atoms with van der Waals surface area (Å²) in [6.45, 7) is 10.5. The Labute approximate surface area is 135 Å². The van der Waals surface area contributed by atoms with Gasteiger partial charge >= 0.3 is 30.0 Å². The Balaban J connectivity index is 0.000000861. The number of likely N-dealkylation sites (tertiary alicyclic amines) is 1. The molecular formula is C16H24BrNZn. The molecule has 0 aromatic heterocycles. The molecule has 1 aromatic carbocycles. The Kier molecular flexibility index (Phi) is 6.69. The molecule has 1 heterocycles. The molecule has 102 valence electrons. The van der Waals surface area contributed by atoms with E-state index in [1.54, 1.807) is 0 Å². The number of benzene rings is 1. The van der Waals surface area contributed by atoms with Crippen molar-refractivity contribution >= 4 is 13.6 Å². The van der Waals surface area contributed by atoms with Crippen LogP contribution in [0, 0.1) is 6.07 Å². The third-order valence-electron chi connectivity index (χ3n) is 4.15. The Morgan fingerprint density at radius 2 is 1.79 bits per heavy atom. The third kappa shape index (κ3) is 4.65. The standard InChI is InChI=1S/C16H24N.BrH.Zn/c1-15(2)11-8-12-16(3,4)17(15)13-14-9-6-5-7-10-14;;/h5-6,9-10H,8,11-13H2,1-4H3;1H;/q-1;;+2/p-1. The molecule has 0 bridgehead atoms. The topological polar surface area (TPSA) is 3.24 Å². The molecule has 0 radical (unpaired) electrons. The van der Waals surface area contributed by atoms with Gasteiger partial charge in [-0.1, -0.05) is 0 Å². The Hall–Kier alpha value is 0.283. The Bertz CT molecular complexity index is 360. The minimum atomic E-state index is 0.303.